The third-order valence-electron chi connectivity index (χ3n) is 3.11. The van der Waals surface area contributed by atoms with E-state index >= 15 is 0 Å². The molecule has 23 heavy (non-hydrogen) atoms. The molecule has 2 aromatic carbocycles. The molecule has 0 spiro atoms. The Morgan fingerprint density at radius 1 is 0.739 bits per heavy atom. The van der Waals surface area contributed by atoms with Crippen LogP contribution in [0.5, 0.6) is 0 Å². The molecule has 1 aliphatic carbocycles. The van der Waals surface area contributed by atoms with Crippen LogP contribution in [0.1, 0.15) is 10.4 Å². The molecule has 0 unspecified atom stereocenters. The van der Waals surface area contributed by atoms with Gasteiger partial charge < -0.3 is 4.84 Å². The summed E-state index contributed by atoms with van der Waals surface area (Å²) in [6.07, 6.45) is 7.14. The average molecular weight is 302 g/mol. The van der Waals surface area contributed by atoms with Crippen LogP contribution < -0.4 is 0 Å². The van der Waals surface area contributed by atoms with Gasteiger partial charge in [-0.1, -0.05) is 41.6 Å². The van der Waals surface area contributed by atoms with Gasteiger partial charge in [0.05, 0.1) is 17.0 Å². The van der Waals surface area contributed by atoms with Crippen LogP contribution in [0, 0.1) is 0 Å². The monoisotopic (exact) mass is 302 g/mol. The number of oxime groups is 1. The summed E-state index contributed by atoms with van der Waals surface area (Å²) in [4.78, 5) is 21.2. The molecule has 0 amide bonds. The van der Waals surface area contributed by atoms with E-state index in [0.29, 0.717) is 11.3 Å². The molecule has 0 heterocycles. The first-order chi connectivity index (χ1) is 11.3. The first kappa shape index (κ1) is 14.7. The summed E-state index contributed by atoms with van der Waals surface area (Å²) in [5, 5.41) is 3.84. The van der Waals surface area contributed by atoms with Crippen molar-refractivity contribution in [1.82, 2.24) is 0 Å². The van der Waals surface area contributed by atoms with Crippen molar-refractivity contribution in [2.24, 2.45) is 10.1 Å². The van der Waals surface area contributed by atoms with Gasteiger partial charge in [-0.15, -0.1) is 0 Å². The van der Waals surface area contributed by atoms with Crippen molar-refractivity contribution in [3.63, 3.8) is 0 Å². The molecular formula is C19H14N2O2. The van der Waals surface area contributed by atoms with Gasteiger partial charge in [0.1, 0.15) is 5.71 Å². The van der Waals surface area contributed by atoms with Crippen molar-refractivity contribution in [2.75, 3.05) is 0 Å². The molecule has 0 aromatic heterocycles. The van der Waals surface area contributed by atoms with E-state index < -0.39 is 5.97 Å². The predicted octanol–water partition coefficient (Wildman–Crippen LogP) is 4.10. The van der Waals surface area contributed by atoms with Crippen LogP contribution in [-0.4, -0.2) is 17.4 Å². The molecular weight excluding hydrogens is 288 g/mol. The summed E-state index contributed by atoms with van der Waals surface area (Å²) in [5.74, 6) is -0.483. The molecule has 0 radical (unpaired) electrons. The number of carbonyl (C=O) groups is 1. The van der Waals surface area contributed by atoms with Gasteiger partial charge in [0.15, 0.2) is 0 Å². The first-order valence-electron chi connectivity index (χ1n) is 7.15. The first-order valence-corrected chi connectivity index (χ1v) is 7.15. The standard InChI is InChI=1S/C19H14N2O2/c22-19(15-7-3-1-4-8-15)23-21-18-13-11-17(12-14-18)20-16-9-5-2-6-10-16/h1-14H. The Morgan fingerprint density at radius 3 is 1.96 bits per heavy atom. The summed E-state index contributed by atoms with van der Waals surface area (Å²) in [5.41, 5.74) is 2.71. The highest BCUT2D eigenvalue weighted by Gasteiger charge is 2.06. The third-order valence-corrected chi connectivity index (χ3v) is 3.11. The smallest absolute Gasteiger partial charge is 0.312 e. The van der Waals surface area contributed by atoms with Gasteiger partial charge in [-0.3, -0.25) is 0 Å². The Hall–Kier alpha value is -3.27. The number of hydrogen-bond acceptors (Lipinski definition) is 4. The molecule has 4 heteroatoms. The largest absolute Gasteiger partial charge is 0.365 e. The molecule has 3 rings (SSSR count). The number of hydrogen-bond donors (Lipinski definition) is 0. The van der Waals surface area contributed by atoms with E-state index in [1.54, 1.807) is 36.4 Å². The topological polar surface area (TPSA) is 51.0 Å². The normalized spacial score (nSPS) is 12.9. The summed E-state index contributed by atoms with van der Waals surface area (Å²) >= 11 is 0. The van der Waals surface area contributed by atoms with E-state index in [4.69, 9.17) is 4.84 Å². The zero-order valence-corrected chi connectivity index (χ0v) is 12.3. The zero-order valence-electron chi connectivity index (χ0n) is 12.3. The second kappa shape index (κ2) is 7.13. The van der Waals surface area contributed by atoms with Gasteiger partial charge in [-0.05, 0) is 48.6 Å². The number of benzene rings is 2. The number of rotatable bonds is 3. The molecule has 4 nitrogen and oxygen atoms in total. The second-order valence-electron chi connectivity index (χ2n) is 4.80. The molecule has 112 valence electrons. The van der Waals surface area contributed by atoms with E-state index in [9.17, 15) is 4.79 Å². The molecule has 0 aliphatic heterocycles. The van der Waals surface area contributed by atoms with Crippen LogP contribution in [0.3, 0.4) is 0 Å². The second-order valence-corrected chi connectivity index (χ2v) is 4.80. The van der Waals surface area contributed by atoms with Gasteiger partial charge >= 0.3 is 5.97 Å². The minimum atomic E-state index is -0.483. The number of nitrogens with zero attached hydrogens (tertiary/aromatic N) is 2. The van der Waals surface area contributed by atoms with Crippen molar-refractivity contribution in [3.05, 3.63) is 90.5 Å². The molecule has 2 aromatic rings. The highest BCUT2D eigenvalue weighted by molar-refractivity contribution is 6.18. The Labute approximate surface area is 134 Å². The summed E-state index contributed by atoms with van der Waals surface area (Å²) in [7, 11) is 0. The maximum absolute atomic E-state index is 11.8. The molecule has 0 atom stereocenters. The van der Waals surface area contributed by atoms with Gasteiger partial charge in [0.25, 0.3) is 0 Å². The number of carbonyl (C=O) groups excluding carboxylic acids is 1. The van der Waals surface area contributed by atoms with Crippen molar-refractivity contribution in [1.29, 1.82) is 0 Å². The van der Waals surface area contributed by atoms with E-state index in [1.165, 1.54) is 0 Å². The Bertz CT molecular complexity index is 786. The molecule has 0 saturated carbocycles. The number of aliphatic imine (C=N–C) groups is 1. The van der Waals surface area contributed by atoms with Crippen LogP contribution in [0.15, 0.2) is 95.1 Å². The van der Waals surface area contributed by atoms with Crippen LogP contribution in [0.2, 0.25) is 0 Å². The summed E-state index contributed by atoms with van der Waals surface area (Å²) < 4.78 is 0. The van der Waals surface area contributed by atoms with Crippen molar-refractivity contribution in [2.45, 2.75) is 0 Å². The maximum atomic E-state index is 11.8. The van der Waals surface area contributed by atoms with Gasteiger partial charge in [0, 0.05) is 0 Å². The third kappa shape index (κ3) is 4.11. The van der Waals surface area contributed by atoms with Crippen molar-refractivity contribution >= 4 is 23.1 Å². The SMILES string of the molecule is O=C(ON=C1C=CC(=Nc2ccccc2)C=C1)c1ccccc1. The van der Waals surface area contributed by atoms with E-state index in [-0.39, 0.29) is 0 Å². The Balaban J connectivity index is 1.64. The van der Waals surface area contributed by atoms with E-state index in [1.807, 2.05) is 48.6 Å². The fourth-order valence-corrected chi connectivity index (χ4v) is 1.96. The number of para-hydroxylation sites is 1. The quantitative estimate of drug-likeness (QED) is 0.487. The average Bonchev–Trinajstić information content (AvgIpc) is 2.62. The highest BCUT2D eigenvalue weighted by Crippen LogP contribution is 2.12. The van der Waals surface area contributed by atoms with Crippen LogP contribution in [0.4, 0.5) is 5.69 Å². The molecule has 0 fully saturated rings. The van der Waals surface area contributed by atoms with Gasteiger partial charge in [0.2, 0.25) is 0 Å². The van der Waals surface area contributed by atoms with E-state index in [0.717, 1.165) is 11.4 Å². The summed E-state index contributed by atoms with van der Waals surface area (Å²) in [6, 6.07) is 18.4. The minimum Gasteiger partial charge on any atom is -0.312 e. The van der Waals surface area contributed by atoms with Gasteiger partial charge in [-0.25, -0.2) is 9.79 Å². The lowest BCUT2D eigenvalue weighted by molar-refractivity contribution is 0.0517. The molecule has 0 bridgehead atoms. The fraction of sp³-hybridized carbons (Fsp3) is 0. The Kier molecular flexibility index (Phi) is 4.55. The highest BCUT2D eigenvalue weighted by atomic mass is 16.7. The molecule has 1 aliphatic rings. The predicted molar refractivity (Wildman–Crippen MR) is 91.1 cm³/mol. The van der Waals surface area contributed by atoms with Crippen LogP contribution in [0.25, 0.3) is 0 Å². The lowest BCUT2D eigenvalue weighted by atomic mass is 10.1. The zero-order chi connectivity index (χ0) is 15.9. The van der Waals surface area contributed by atoms with Crippen molar-refractivity contribution in [3.8, 4) is 0 Å². The summed E-state index contributed by atoms with van der Waals surface area (Å²) in [6.45, 7) is 0. The Morgan fingerprint density at radius 2 is 1.30 bits per heavy atom. The van der Waals surface area contributed by atoms with E-state index in [2.05, 4.69) is 10.1 Å². The lowest BCUT2D eigenvalue weighted by Gasteiger charge is -2.03. The van der Waals surface area contributed by atoms with Crippen LogP contribution >= 0.6 is 0 Å². The molecule has 0 N–H and O–H groups in total. The molecule has 0 saturated heterocycles. The fourth-order valence-electron chi connectivity index (χ4n) is 1.96. The lowest BCUT2D eigenvalue weighted by Crippen LogP contribution is -2.04. The number of allylic oxidation sites excluding steroid dienone is 4. The van der Waals surface area contributed by atoms with Gasteiger partial charge in [-0.2, -0.15) is 0 Å². The van der Waals surface area contributed by atoms with Crippen molar-refractivity contribution < 1.29 is 9.63 Å². The van der Waals surface area contributed by atoms with Crippen LogP contribution in [-0.2, 0) is 4.84 Å². The maximum Gasteiger partial charge on any atom is 0.365 e. The minimum absolute atomic E-state index is 0.465.